The van der Waals surface area contributed by atoms with Gasteiger partial charge in [-0.1, -0.05) is 12.1 Å². The lowest BCUT2D eigenvalue weighted by Crippen LogP contribution is -2.56. The Morgan fingerprint density at radius 1 is 1.27 bits per heavy atom. The number of hydrogen-bond donors (Lipinski definition) is 3. The van der Waals surface area contributed by atoms with Crippen LogP contribution in [0, 0.1) is 11.6 Å². The summed E-state index contributed by atoms with van der Waals surface area (Å²) in [5, 5.41) is 7.84. The highest BCUT2D eigenvalue weighted by molar-refractivity contribution is 5.88. The molecule has 142 valence electrons. The predicted octanol–water partition coefficient (Wildman–Crippen LogP) is -0.0924. The maximum atomic E-state index is 13.9. The standard InChI is InChI=1S/C17H22F2N4O3/c1-11(24)20-5-6-21-15(25)9-14-17(26)22-7-8-23(14)10-12-3-2-4-13(18)16(12)19/h2-4,14H,5-10H2,1H3,(H,20,24)(H,21,25)(H,22,26). The van der Waals surface area contributed by atoms with Gasteiger partial charge in [-0.2, -0.15) is 0 Å². The van der Waals surface area contributed by atoms with E-state index in [4.69, 9.17) is 0 Å². The van der Waals surface area contributed by atoms with Crippen LogP contribution in [0.25, 0.3) is 0 Å². The van der Waals surface area contributed by atoms with Crippen molar-refractivity contribution in [2.45, 2.75) is 25.9 Å². The number of halogens is 2. The van der Waals surface area contributed by atoms with Gasteiger partial charge in [-0.25, -0.2) is 8.78 Å². The van der Waals surface area contributed by atoms with Gasteiger partial charge in [-0.15, -0.1) is 0 Å². The van der Waals surface area contributed by atoms with Crippen LogP contribution < -0.4 is 16.0 Å². The molecule has 3 N–H and O–H groups in total. The molecule has 1 aliphatic rings. The zero-order valence-electron chi connectivity index (χ0n) is 14.5. The van der Waals surface area contributed by atoms with E-state index in [9.17, 15) is 23.2 Å². The highest BCUT2D eigenvalue weighted by Crippen LogP contribution is 2.17. The van der Waals surface area contributed by atoms with Gasteiger partial charge in [0, 0.05) is 45.2 Å². The fraction of sp³-hybridized carbons (Fsp3) is 0.471. The number of piperazine rings is 1. The summed E-state index contributed by atoms with van der Waals surface area (Å²) in [5.74, 6) is -2.78. The van der Waals surface area contributed by atoms with Crippen molar-refractivity contribution in [1.82, 2.24) is 20.9 Å². The van der Waals surface area contributed by atoms with Crippen molar-refractivity contribution in [3.8, 4) is 0 Å². The molecule has 3 amide bonds. The fourth-order valence-corrected chi connectivity index (χ4v) is 2.75. The van der Waals surface area contributed by atoms with E-state index in [0.717, 1.165) is 6.07 Å². The van der Waals surface area contributed by atoms with Crippen LogP contribution in [0.2, 0.25) is 0 Å². The summed E-state index contributed by atoms with van der Waals surface area (Å²) in [5.41, 5.74) is 0.135. The Balaban J connectivity index is 1.96. The number of carbonyl (C=O) groups excluding carboxylic acids is 3. The van der Waals surface area contributed by atoms with Crippen molar-refractivity contribution in [3.63, 3.8) is 0 Å². The summed E-state index contributed by atoms with van der Waals surface area (Å²) in [6, 6.07) is 3.12. The number of amides is 3. The highest BCUT2D eigenvalue weighted by atomic mass is 19.2. The fourth-order valence-electron chi connectivity index (χ4n) is 2.75. The van der Waals surface area contributed by atoms with Gasteiger partial charge < -0.3 is 16.0 Å². The lowest BCUT2D eigenvalue weighted by Gasteiger charge is -2.34. The zero-order chi connectivity index (χ0) is 19.1. The van der Waals surface area contributed by atoms with Crippen LogP contribution in [0.1, 0.15) is 18.9 Å². The summed E-state index contributed by atoms with van der Waals surface area (Å²) in [7, 11) is 0. The Morgan fingerprint density at radius 2 is 2.00 bits per heavy atom. The zero-order valence-corrected chi connectivity index (χ0v) is 14.5. The third kappa shape index (κ3) is 5.48. The van der Waals surface area contributed by atoms with Gasteiger partial charge in [0.05, 0.1) is 12.5 Å². The number of nitrogens with zero attached hydrogens (tertiary/aromatic N) is 1. The lowest BCUT2D eigenvalue weighted by molar-refractivity contribution is -0.134. The lowest BCUT2D eigenvalue weighted by atomic mass is 10.1. The van der Waals surface area contributed by atoms with Gasteiger partial charge in [0.25, 0.3) is 0 Å². The maximum absolute atomic E-state index is 13.9. The third-order valence-electron chi connectivity index (χ3n) is 4.05. The summed E-state index contributed by atoms with van der Waals surface area (Å²) in [6.07, 6.45) is -0.108. The molecule has 0 saturated carbocycles. The molecule has 9 heteroatoms. The average Bonchev–Trinajstić information content (AvgIpc) is 2.58. The van der Waals surface area contributed by atoms with Crippen LogP contribution in [0.5, 0.6) is 0 Å². The second-order valence-corrected chi connectivity index (χ2v) is 6.03. The summed E-state index contributed by atoms with van der Waals surface area (Å²) in [6.45, 7) is 2.72. The van der Waals surface area contributed by atoms with Gasteiger partial charge in [-0.3, -0.25) is 19.3 Å². The number of hydrogen-bond acceptors (Lipinski definition) is 4. The first-order valence-electron chi connectivity index (χ1n) is 8.34. The van der Waals surface area contributed by atoms with E-state index in [2.05, 4.69) is 16.0 Å². The molecule has 0 bridgehead atoms. The van der Waals surface area contributed by atoms with Gasteiger partial charge >= 0.3 is 0 Å². The van der Waals surface area contributed by atoms with Crippen LogP contribution in [0.4, 0.5) is 8.78 Å². The topological polar surface area (TPSA) is 90.5 Å². The van der Waals surface area contributed by atoms with E-state index in [1.54, 1.807) is 4.90 Å². The Kier molecular flexibility index (Phi) is 7.02. The molecule has 7 nitrogen and oxygen atoms in total. The minimum absolute atomic E-state index is 0.0286. The monoisotopic (exact) mass is 368 g/mol. The van der Waals surface area contributed by atoms with Crippen molar-refractivity contribution in [2.24, 2.45) is 0 Å². The quantitative estimate of drug-likeness (QED) is 0.587. The first-order chi connectivity index (χ1) is 12.4. The van der Waals surface area contributed by atoms with E-state index < -0.39 is 17.7 Å². The highest BCUT2D eigenvalue weighted by Gasteiger charge is 2.32. The molecule has 1 aromatic rings. The summed E-state index contributed by atoms with van der Waals surface area (Å²) < 4.78 is 27.3. The van der Waals surface area contributed by atoms with Crippen LogP contribution in [0.3, 0.4) is 0 Å². The minimum Gasteiger partial charge on any atom is -0.355 e. The summed E-state index contributed by atoms with van der Waals surface area (Å²) in [4.78, 5) is 36.6. The molecular formula is C17H22F2N4O3. The molecule has 1 aromatic carbocycles. The van der Waals surface area contributed by atoms with Crippen molar-refractivity contribution >= 4 is 17.7 Å². The van der Waals surface area contributed by atoms with Crippen molar-refractivity contribution in [3.05, 3.63) is 35.4 Å². The Hall–Kier alpha value is -2.55. The van der Waals surface area contributed by atoms with E-state index in [1.807, 2.05) is 0 Å². The van der Waals surface area contributed by atoms with Gasteiger partial charge in [0.1, 0.15) is 0 Å². The molecule has 0 aromatic heterocycles. The summed E-state index contributed by atoms with van der Waals surface area (Å²) >= 11 is 0. The van der Waals surface area contributed by atoms with Crippen LogP contribution >= 0.6 is 0 Å². The van der Waals surface area contributed by atoms with Gasteiger partial charge in [0.2, 0.25) is 17.7 Å². The molecule has 1 saturated heterocycles. The second kappa shape index (κ2) is 9.23. The molecule has 1 atom stereocenters. The second-order valence-electron chi connectivity index (χ2n) is 6.03. The molecule has 1 unspecified atom stereocenters. The largest absolute Gasteiger partial charge is 0.355 e. The van der Waals surface area contributed by atoms with E-state index >= 15 is 0 Å². The maximum Gasteiger partial charge on any atom is 0.237 e. The molecule has 1 fully saturated rings. The van der Waals surface area contributed by atoms with Crippen molar-refractivity contribution in [2.75, 3.05) is 26.2 Å². The predicted molar refractivity (Wildman–Crippen MR) is 89.9 cm³/mol. The Bertz CT molecular complexity index is 684. The van der Waals surface area contributed by atoms with E-state index in [1.165, 1.54) is 19.1 Å². The molecule has 0 spiro atoms. The van der Waals surface area contributed by atoms with Gasteiger partial charge in [-0.05, 0) is 6.07 Å². The normalized spacial score (nSPS) is 17.5. The Morgan fingerprint density at radius 3 is 2.73 bits per heavy atom. The van der Waals surface area contributed by atoms with Crippen LogP contribution in [-0.2, 0) is 20.9 Å². The minimum atomic E-state index is -0.948. The molecule has 1 heterocycles. The Labute approximate surface area is 150 Å². The van der Waals surface area contributed by atoms with Crippen LogP contribution in [0.15, 0.2) is 18.2 Å². The molecule has 0 radical (unpaired) electrons. The number of rotatable bonds is 7. The van der Waals surface area contributed by atoms with Crippen LogP contribution in [-0.4, -0.2) is 54.8 Å². The van der Waals surface area contributed by atoms with Crippen molar-refractivity contribution in [1.29, 1.82) is 0 Å². The average molecular weight is 368 g/mol. The number of carbonyl (C=O) groups is 3. The van der Waals surface area contributed by atoms with Gasteiger partial charge in [0.15, 0.2) is 11.6 Å². The third-order valence-corrected chi connectivity index (χ3v) is 4.05. The molecule has 26 heavy (non-hydrogen) atoms. The molecule has 0 aliphatic carbocycles. The van der Waals surface area contributed by atoms with E-state index in [0.29, 0.717) is 13.1 Å². The molecule has 2 rings (SSSR count). The smallest absolute Gasteiger partial charge is 0.237 e. The molecular weight excluding hydrogens is 346 g/mol. The number of nitrogens with one attached hydrogen (secondary N) is 3. The SMILES string of the molecule is CC(=O)NCCNC(=O)CC1C(=O)NCCN1Cc1cccc(F)c1F. The van der Waals surface area contributed by atoms with Crippen molar-refractivity contribution < 1.29 is 23.2 Å². The molecule has 1 aliphatic heterocycles. The first kappa shape index (κ1) is 19.8. The first-order valence-corrected chi connectivity index (χ1v) is 8.34. The van der Waals surface area contributed by atoms with E-state index in [-0.39, 0.29) is 49.3 Å². The number of benzene rings is 1.